The summed E-state index contributed by atoms with van der Waals surface area (Å²) in [7, 11) is -3.11. The lowest BCUT2D eigenvalue weighted by molar-refractivity contribution is 0.0245. The normalized spacial score (nSPS) is 24.2. The Morgan fingerprint density at radius 1 is 1.25 bits per heavy atom. The van der Waals surface area contributed by atoms with Crippen molar-refractivity contribution >= 4 is 10.0 Å². The molecule has 0 unspecified atom stereocenters. The summed E-state index contributed by atoms with van der Waals surface area (Å²) >= 11 is 0. The van der Waals surface area contributed by atoms with Gasteiger partial charge in [0.15, 0.2) is 0 Å². The first kappa shape index (κ1) is 17.9. The second-order valence-electron chi connectivity index (χ2n) is 6.16. The number of ether oxygens (including phenoxy) is 1. The van der Waals surface area contributed by atoms with Crippen LogP contribution in [0.5, 0.6) is 0 Å². The smallest absolute Gasteiger partial charge is 0.211 e. The molecule has 1 aliphatic carbocycles. The third kappa shape index (κ3) is 8.19. The number of hydrogen-bond donors (Lipinski definition) is 2. The van der Waals surface area contributed by atoms with Gasteiger partial charge in [-0.2, -0.15) is 0 Å². The maximum atomic E-state index is 11.7. The fraction of sp³-hybridized carbons (Fsp3) is 1.00. The molecule has 0 bridgehead atoms. The Hall–Kier alpha value is -0.170. The van der Waals surface area contributed by atoms with Crippen molar-refractivity contribution in [3.05, 3.63) is 0 Å². The van der Waals surface area contributed by atoms with Crippen LogP contribution in [0.25, 0.3) is 0 Å². The number of rotatable bonds is 9. The highest BCUT2D eigenvalue weighted by atomic mass is 32.2. The van der Waals surface area contributed by atoms with Crippen LogP contribution in [-0.4, -0.2) is 39.5 Å². The molecule has 120 valence electrons. The summed E-state index contributed by atoms with van der Waals surface area (Å²) < 4.78 is 31.7. The van der Waals surface area contributed by atoms with Crippen molar-refractivity contribution in [3.63, 3.8) is 0 Å². The predicted molar refractivity (Wildman–Crippen MR) is 82.0 cm³/mol. The highest BCUT2D eigenvalue weighted by Gasteiger charge is 2.18. The lowest BCUT2D eigenvalue weighted by Crippen LogP contribution is -2.31. The maximum absolute atomic E-state index is 11.7. The minimum absolute atomic E-state index is 0.214. The Kier molecular flexibility index (Phi) is 8.02. The van der Waals surface area contributed by atoms with E-state index in [9.17, 15) is 8.42 Å². The first-order valence-electron chi connectivity index (χ1n) is 7.73. The fourth-order valence-corrected chi connectivity index (χ4v) is 3.65. The molecule has 1 aliphatic rings. The predicted octanol–water partition coefficient (Wildman–Crippen LogP) is 1.63. The summed E-state index contributed by atoms with van der Waals surface area (Å²) in [5.41, 5.74) is 5.84. The van der Waals surface area contributed by atoms with Crippen molar-refractivity contribution in [2.75, 3.05) is 18.9 Å². The van der Waals surface area contributed by atoms with Crippen LogP contribution in [0.3, 0.4) is 0 Å². The van der Waals surface area contributed by atoms with Gasteiger partial charge in [0.05, 0.1) is 11.9 Å². The van der Waals surface area contributed by atoms with Gasteiger partial charge in [0.25, 0.3) is 0 Å². The van der Waals surface area contributed by atoms with Gasteiger partial charge in [-0.25, -0.2) is 13.1 Å². The van der Waals surface area contributed by atoms with Gasteiger partial charge >= 0.3 is 0 Å². The van der Waals surface area contributed by atoms with E-state index >= 15 is 0 Å². The highest BCUT2D eigenvalue weighted by Crippen LogP contribution is 2.19. The van der Waals surface area contributed by atoms with Crippen LogP contribution in [0.2, 0.25) is 0 Å². The molecule has 1 rings (SSSR count). The van der Waals surface area contributed by atoms with Crippen molar-refractivity contribution in [1.29, 1.82) is 0 Å². The van der Waals surface area contributed by atoms with E-state index in [1.165, 1.54) is 0 Å². The zero-order chi connectivity index (χ0) is 15.0. The van der Waals surface area contributed by atoms with Gasteiger partial charge in [0.1, 0.15) is 0 Å². The molecule has 0 radical (unpaired) electrons. The molecule has 0 aromatic rings. The summed E-state index contributed by atoms with van der Waals surface area (Å²) in [5.74, 6) is 0.624. The topological polar surface area (TPSA) is 81.4 Å². The van der Waals surface area contributed by atoms with Gasteiger partial charge in [0.2, 0.25) is 10.0 Å². The van der Waals surface area contributed by atoms with Crippen LogP contribution < -0.4 is 10.5 Å². The minimum atomic E-state index is -3.11. The van der Waals surface area contributed by atoms with Crippen LogP contribution in [0.1, 0.15) is 52.4 Å². The molecule has 0 aromatic carbocycles. The number of nitrogens with one attached hydrogen (secondary N) is 1. The Balaban J connectivity index is 2.04. The average molecular weight is 306 g/mol. The summed E-state index contributed by atoms with van der Waals surface area (Å²) in [6, 6.07) is 0.336. The molecule has 0 amide bonds. The standard InChI is InChI=1S/C14H30N2O3S/c1-12(2)8-11-20(17,18)16-9-3-10-19-14-6-4-13(15)5-7-14/h12-14,16H,3-11,15H2,1-2H3. The van der Waals surface area contributed by atoms with Gasteiger partial charge < -0.3 is 10.5 Å². The monoisotopic (exact) mass is 306 g/mol. The van der Waals surface area contributed by atoms with Gasteiger partial charge in [0, 0.05) is 19.2 Å². The van der Waals surface area contributed by atoms with E-state index in [0.29, 0.717) is 37.6 Å². The highest BCUT2D eigenvalue weighted by molar-refractivity contribution is 7.89. The molecule has 3 N–H and O–H groups in total. The third-order valence-corrected chi connectivity index (χ3v) is 5.10. The summed E-state index contributed by atoms with van der Waals surface area (Å²) in [6.07, 6.45) is 5.87. The number of hydrogen-bond acceptors (Lipinski definition) is 4. The fourth-order valence-electron chi connectivity index (χ4n) is 2.27. The molecule has 0 saturated heterocycles. The SMILES string of the molecule is CC(C)CCS(=O)(=O)NCCCOC1CCC(N)CC1. The molecule has 20 heavy (non-hydrogen) atoms. The lowest BCUT2D eigenvalue weighted by atomic mass is 9.94. The van der Waals surface area contributed by atoms with Crippen LogP contribution in [-0.2, 0) is 14.8 Å². The molecule has 5 nitrogen and oxygen atoms in total. The zero-order valence-electron chi connectivity index (χ0n) is 12.8. The molecule has 0 heterocycles. The number of nitrogens with two attached hydrogens (primary N) is 1. The van der Waals surface area contributed by atoms with Gasteiger partial charge in [-0.05, 0) is 44.4 Å². The molecule has 1 fully saturated rings. The van der Waals surface area contributed by atoms with E-state index in [-0.39, 0.29) is 5.75 Å². The largest absolute Gasteiger partial charge is 0.378 e. The maximum Gasteiger partial charge on any atom is 0.211 e. The first-order chi connectivity index (χ1) is 9.39. The van der Waals surface area contributed by atoms with Gasteiger partial charge in [-0.3, -0.25) is 0 Å². The summed E-state index contributed by atoms with van der Waals surface area (Å²) in [6.45, 7) is 5.14. The Morgan fingerprint density at radius 2 is 1.90 bits per heavy atom. The Morgan fingerprint density at radius 3 is 2.50 bits per heavy atom. The molecule has 0 aliphatic heterocycles. The van der Waals surface area contributed by atoms with E-state index in [1.54, 1.807) is 0 Å². The van der Waals surface area contributed by atoms with Crippen LogP contribution in [0.4, 0.5) is 0 Å². The average Bonchev–Trinajstić information content (AvgIpc) is 2.38. The molecular formula is C14H30N2O3S. The van der Waals surface area contributed by atoms with Crippen molar-refractivity contribution in [2.45, 2.75) is 64.5 Å². The second-order valence-corrected chi connectivity index (χ2v) is 8.08. The van der Waals surface area contributed by atoms with Crippen molar-refractivity contribution in [2.24, 2.45) is 11.7 Å². The lowest BCUT2D eigenvalue weighted by Gasteiger charge is -2.26. The molecule has 0 spiro atoms. The van der Waals surface area contributed by atoms with Crippen LogP contribution in [0, 0.1) is 5.92 Å². The number of sulfonamides is 1. The van der Waals surface area contributed by atoms with E-state index in [1.807, 2.05) is 13.8 Å². The molecule has 0 atom stereocenters. The van der Waals surface area contributed by atoms with Crippen LogP contribution >= 0.6 is 0 Å². The van der Waals surface area contributed by atoms with Gasteiger partial charge in [-0.1, -0.05) is 13.8 Å². The minimum Gasteiger partial charge on any atom is -0.378 e. The Bertz CT molecular complexity index is 349. The molecule has 6 heteroatoms. The first-order valence-corrected chi connectivity index (χ1v) is 9.39. The molecule has 1 saturated carbocycles. The van der Waals surface area contributed by atoms with Gasteiger partial charge in [-0.15, -0.1) is 0 Å². The van der Waals surface area contributed by atoms with Crippen molar-refractivity contribution in [1.82, 2.24) is 4.72 Å². The Labute approximate surface area is 123 Å². The second kappa shape index (κ2) is 8.97. The van der Waals surface area contributed by atoms with E-state index in [0.717, 1.165) is 32.1 Å². The molecule has 0 aromatic heterocycles. The van der Waals surface area contributed by atoms with E-state index < -0.39 is 10.0 Å². The quantitative estimate of drug-likeness (QED) is 0.634. The molecular weight excluding hydrogens is 276 g/mol. The summed E-state index contributed by atoms with van der Waals surface area (Å²) in [5, 5.41) is 0. The summed E-state index contributed by atoms with van der Waals surface area (Å²) in [4.78, 5) is 0. The third-order valence-electron chi connectivity index (χ3n) is 3.68. The van der Waals surface area contributed by atoms with Crippen molar-refractivity contribution in [3.8, 4) is 0 Å². The van der Waals surface area contributed by atoms with E-state index in [2.05, 4.69) is 4.72 Å². The zero-order valence-corrected chi connectivity index (χ0v) is 13.6. The van der Waals surface area contributed by atoms with E-state index in [4.69, 9.17) is 10.5 Å². The van der Waals surface area contributed by atoms with Crippen molar-refractivity contribution < 1.29 is 13.2 Å². The van der Waals surface area contributed by atoms with Crippen LogP contribution in [0.15, 0.2) is 0 Å².